The fourth-order valence-corrected chi connectivity index (χ4v) is 11.7. The van der Waals surface area contributed by atoms with Crippen LogP contribution in [0.25, 0.3) is 11.1 Å². The maximum atomic E-state index is 14.0. The molecule has 22 heteroatoms. The summed E-state index contributed by atoms with van der Waals surface area (Å²) in [6.07, 6.45) is 10.7. The third-order valence-corrected chi connectivity index (χ3v) is 15.7. The molecule has 5 aromatic rings. The van der Waals surface area contributed by atoms with Gasteiger partial charge in [0.2, 0.25) is 23.6 Å². The Balaban J connectivity index is 0.627. The van der Waals surface area contributed by atoms with Crippen molar-refractivity contribution >= 4 is 70.0 Å². The number of amides is 7. The highest BCUT2D eigenvalue weighted by Crippen LogP contribution is 2.41. The standard InChI is InChI=1S/C58H67N11O11/c1-35-31-65(50(73)12-7-5-6-8-23-79-24-25-80-34-49(72)62-42-11-9-10-40-51(42)57(78)69(54(40)75)44-14-16-48(71)63-53(44)74)19-20-66(35)38-13-15-47(60-30-38)61-43-26-37(32-64(4)55(43)76)39-17-18-59-52(41(39)33-70)68-22-21-67-45(56(68)77)27-36-28-58(2,3)29-46(36)67/h9-11,13,15,17-18,26-27,30,32,35,44,70H,5-8,12,14,16,19-25,28-29,31,33-34H2,1-4H3,(H,60,61)(H,62,72)(H,63,71,74)/t35-,44?/m0/s1. The molecule has 1 unspecified atom stereocenters. The van der Waals surface area contributed by atoms with Crippen LogP contribution in [0.2, 0.25) is 0 Å². The number of fused-ring (bicyclic) bond motifs is 4. The zero-order valence-corrected chi connectivity index (χ0v) is 45.5. The molecule has 0 saturated carbocycles. The Morgan fingerprint density at radius 2 is 1.66 bits per heavy atom. The van der Waals surface area contributed by atoms with E-state index >= 15 is 0 Å². The minimum Gasteiger partial charge on any atom is -0.392 e. The number of nitrogens with zero attached hydrogens (tertiary/aromatic N) is 8. The predicted octanol–water partition coefficient (Wildman–Crippen LogP) is 4.73. The second-order valence-corrected chi connectivity index (χ2v) is 22.0. The molecule has 8 heterocycles. The molecule has 0 spiro atoms. The number of aliphatic hydroxyl groups is 1. The second kappa shape index (κ2) is 23.3. The minimum atomic E-state index is -1.12. The number of unbranched alkanes of at least 4 members (excludes halogenated alkanes) is 3. The van der Waals surface area contributed by atoms with E-state index < -0.39 is 35.6 Å². The van der Waals surface area contributed by atoms with Gasteiger partial charge in [-0.1, -0.05) is 32.8 Å². The first kappa shape index (κ1) is 55.2. The van der Waals surface area contributed by atoms with Crippen molar-refractivity contribution in [3.8, 4) is 11.1 Å². The summed E-state index contributed by atoms with van der Waals surface area (Å²) >= 11 is 0. The fraction of sp³-hybridized carbons (Fsp3) is 0.448. The van der Waals surface area contributed by atoms with Crippen molar-refractivity contribution in [1.82, 2.24) is 34.2 Å². The number of hydrogen-bond donors (Lipinski definition) is 4. The molecule has 80 heavy (non-hydrogen) atoms. The number of pyridine rings is 3. The molecule has 1 aliphatic carbocycles. The lowest BCUT2D eigenvalue weighted by Gasteiger charge is -2.41. The SMILES string of the molecule is C[C@H]1CN(C(=O)CCCCCCOCCOCC(=O)Nc2cccc3c2C(=O)N(C2CCC(=O)NC2=O)C3=O)CCN1c1ccc(Nc2cc(-c3ccnc(N4CCn5c(cc6c5CC(C)(C)C6)C4=O)c3CO)cn(C)c2=O)nc1. The summed E-state index contributed by atoms with van der Waals surface area (Å²) in [7, 11) is 1.66. The van der Waals surface area contributed by atoms with E-state index in [1.54, 1.807) is 42.7 Å². The highest BCUT2D eigenvalue weighted by atomic mass is 16.5. The molecule has 22 nitrogen and oxygen atoms in total. The van der Waals surface area contributed by atoms with Crippen molar-refractivity contribution in [1.29, 1.82) is 0 Å². The molecule has 420 valence electrons. The number of carbonyl (C=O) groups excluding carboxylic acids is 7. The molecule has 2 saturated heterocycles. The van der Waals surface area contributed by atoms with E-state index in [1.807, 2.05) is 23.1 Å². The van der Waals surface area contributed by atoms with Gasteiger partial charge in [0.15, 0.2) is 0 Å². The van der Waals surface area contributed by atoms with Crippen molar-refractivity contribution in [3.63, 3.8) is 0 Å². The zero-order valence-electron chi connectivity index (χ0n) is 45.5. The highest BCUT2D eigenvalue weighted by molar-refractivity contribution is 6.26. The molecule has 4 aliphatic heterocycles. The first-order valence-corrected chi connectivity index (χ1v) is 27.4. The molecule has 1 aromatic carbocycles. The molecule has 0 radical (unpaired) electrons. The van der Waals surface area contributed by atoms with Crippen molar-refractivity contribution in [2.24, 2.45) is 12.5 Å². The van der Waals surface area contributed by atoms with Crippen molar-refractivity contribution < 1.29 is 48.1 Å². The molecule has 4 N–H and O–H groups in total. The monoisotopic (exact) mass is 1090 g/mol. The Bertz CT molecular complexity index is 3330. The number of benzene rings is 1. The van der Waals surface area contributed by atoms with Gasteiger partial charge in [0.1, 0.15) is 35.7 Å². The molecule has 5 aliphatic rings. The Morgan fingerprint density at radius 3 is 2.44 bits per heavy atom. The van der Waals surface area contributed by atoms with Gasteiger partial charge >= 0.3 is 0 Å². The summed E-state index contributed by atoms with van der Waals surface area (Å²) in [6, 6.07) is 12.7. The Hall–Kier alpha value is -8.08. The van der Waals surface area contributed by atoms with E-state index in [0.29, 0.717) is 79.8 Å². The van der Waals surface area contributed by atoms with Crippen molar-refractivity contribution in [3.05, 3.63) is 111 Å². The Morgan fingerprint density at radius 1 is 0.850 bits per heavy atom. The molecule has 7 amide bonds. The van der Waals surface area contributed by atoms with Crippen LogP contribution in [0.4, 0.5) is 28.7 Å². The number of aromatic nitrogens is 4. The average Bonchev–Trinajstić information content (AvgIpc) is 3.83. The summed E-state index contributed by atoms with van der Waals surface area (Å²) in [4.78, 5) is 120. The lowest BCUT2D eigenvalue weighted by molar-refractivity contribution is -0.136. The third-order valence-electron chi connectivity index (χ3n) is 15.7. The van der Waals surface area contributed by atoms with Crippen LogP contribution in [0.15, 0.2) is 71.9 Å². The topological polar surface area (TPSA) is 260 Å². The van der Waals surface area contributed by atoms with E-state index in [2.05, 4.69) is 56.2 Å². The molecule has 2 atom stereocenters. The van der Waals surface area contributed by atoms with Crippen LogP contribution in [-0.2, 0) is 61.7 Å². The van der Waals surface area contributed by atoms with Crippen LogP contribution in [0.3, 0.4) is 0 Å². The zero-order chi connectivity index (χ0) is 56.4. The summed E-state index contributed by atoms with van der Waals surface area (Å²) in [5, 5.41) is 18.8. The normalized spacial score (nSPS) is 18.6. The molecule has 2 fully saturated rings. The van der Waals surface area contributed by atoms with E-state index in [1.165, 1.54) is 34.0 Å². The van der Waals surface area contributed by atoms with Crippen LogP contribution >= 0.6 is 0 Å². The summed E-state index contributed by atoms with van der Waals surface area (Å²) < 4.78 is 14.8. The van der Waals surface area contributed by atoms with Gasteiger partial charge in [-0.15, -0.1) is 0 Å². The quantitative estimate of drug-likeness (QED) is 0.0607. The average molecular weight is 1090 g/mol. The number of piperazine rings is 1. The summed E-state index contributed by atoms with van der Waals surface area (Å²) in [6.45, 7) is 9.66. The minimum absolute atomic E-state index is 0.00174. The number of aryl methyl sites for hydroxylation is 1. The van der Waals surface area contributed by atoms with Gasteiger partial charge in [-0.05, 0) is 98.0 Å². The Labute approximate surface area is 462 Å². The lowest BCUT2D eigenvalue weighted by atomic mass is 9.90. The molecule has 10 rings (SSSR count). The maximum absolute atomic E-state index is 14.0. The first-order chi connectivity index (χ1) is 38.5. The number of carbonyl (C=O) groups is 7. The number of anilines is 5. The van der Waals surface area contributed by atoms with Gasteiger partial charge in [-0.25, -0.2) is 9.97 Å². The second-order valence-electron chi connectivity index (χ2n) is 22.0. The maximum Gasteiger partial charge on any atom is 0.276 e. The summed E-state index contributed by atoms with van der Waals surface area (Å²) in [5.41, 5.74) is 6.13. The van der Waals surface area contributed by atoms with Gasteiger partial charge in [-0.2, -0.15) is 0 Å². The number of nitrogens with one attached hydrogen (secondary N) is 3. The van der Waals surface area contributed by atoms with E-state index in [0.717, 1.165) is 49.1 Å². The van der Waals surface area contributed by atoms with E-state index in [-0.39, 0.29) is 90.6 Å². The van der Waals surface area contributed by atoms with Gasteiger partial charge in [0.05, 0.1) is 48.5 Å². The number of piperidine rings is 1. The fourth-order valence-electron chi connectivity index (χ4n) is 11.7. The van der Waals surface area contributed by atoms with Crippen molar-refractivity contribution in [2.45, 2.75) is 104 Å². The number of hydrogen-bond acceptors (Lipinski definition) is 15. The predicted molar refractivity (Wildman–Crippen MR) is 296 cm³/mol. The molecule has 0 bridgehead atoms. The van der Waals surface area contributed by atoms with Crippen molar-refractivity contribution in [2.75, 3.05) is 73.0 Å². The van der Waals surface area contributed by atoms with Crippen LogP contribution in [0, 0.1) is 5.41 Å². The Kier molecular flexibility index (Phi) is 16.1. The lowest BCUT2D eigenvalue weighted by Crippen LogP contribution is -2.54. The number of rotatable bonds is 20. The van der Waals surface area contributed by atoms with Crippen LogP contribution in [0.5, 0.6) is 0 Å². The van der Waals surface area contributed by atoms with Gasteiger partial charge < -0.3 is 44.1 Å². The van der Waals surface area contributed by atoms with Gasteiger partial charge in [0.25, 0.3) is 23.3 Å². The van der Waals surface area contributed by atoms with Crippen LogP contribution in [-0.4, -0.2) is 140 Å². The molecular weight excluding hydrogens is 1030 g/mol. The molecule has 4 aromatic heterocycles. The number of imide groups is 2. The van der Waals surface area contributed by atoms with Gasteiger partial charge in [0, 0.05) is 94.5 Å². The smallest absolute Gasteiger partial charge is 0.276 e. The first-order valence-electron chi connectivity index (χ1n) is 27.4. The van der Waals surface area contributed by atoms with Crippen LogP contribution in [0.1, 0.15) is 114 Å². The van der Waals surface area contributed by atoms with E-state index in [4.69, 9.17) is 9.47 Å². The number of aliphatic hydroxyl groups excluding tert-OH is 1. The van der Waals surface area contributed by atoms with Crippen LogP contribution < -0.4 is 31.3 Å². The largest absolute Gasteiger partial charge is 0.392 e. The highest BCUT2D eigenvalue weighted by Gasteiger charge is 2.46. The molecular formula is C58H67N11O11. The number of ether oxygens (including phenoxy) is 2. The van der Waals surface area contributed by atoms with Gasteiger partial charge in [-0.3, -0.25) is 53.5 Å². The third kappa shape index (κ3) is 11.4. The summed E-state index contributed by atoms with van der Waals surface area (Å²) in [5.74, 6) is -2.27. The van der Waals surface area contributed by atoms with E-state index in [9.17, 15) is 43.5 Å².